The summed E-state index contributed by atoms with van der Waals surface area (Å²) in [6.07, 6.45) is 0. The van der Waals surface area contributed by atoms with Crippen LogP contribution >= 0.6 is 0 Å². The van der Waals surface area contributed by atoms with E-state index in [1.54, 1.807) is 38.3 Å². The van der Waals surface area contributed by atoms with Crippen molar-refractivity contribution in [2.45, 2.75) is 13.5 Å². The maximum atomic E-state index is 13.2. The molecule has 2 aromatic carbocycles. The summed E-state index contributed by atoms with van der Waals surface area (Å²) >= 11 is 0. The van der Waals surface area contributed by atoms with Crippen LogP contribution in [-0.2, 0) is 6.61 Å². The molecule has 3 rings (SSSR count). The van der Waals surface area contributed by atoms with E-state index >= 15 is 0 Å². The van der Waals surface area contributed by atoms with Crippen LogP contribution in [0, 0.1) is 12.7 Å². The molecule has 0 radical (unpaired) electrons. The molecule has 0 aliphatic heterocycles. The molecule has 118 valence electrons. The molecular formula is C17H15FN2O3. The summed E-state index contributed by atoms with van der Waals surface area (Å²) in [5.41, 5.74) is 1.50. The normalized spacial score (nSPS) is 10.6. The highest BCUT2D eigenvalue weighted by Gasteiger charge is 2.11. The van der Waals surface area contributed by atoms with Crippen LogP contribution in [0.2, 0.25) is 0 Å². The second-order valence-electron chi connectivity index (χ2n) is 4.92. The van der Waals surface area contributed by atoms with Crippen molar-refractivity contribution in [1.82, 2.24) is 10.1 Å². The number of benzene rings is 2. The van der Waals surface area contributed by atoms with E-state index in [0.717, 1.165) is 11.1 Å². The van der Waals surface area contributed by atoms with Crippen LogP contribution in [0.15, 0.2) is 47.0 Å². The lowest BCUT2D eigenvalue weighted by atomic mass is 10.2. The number of rotatable bonds is 5. The molecule has 0 bridgehead atoms. The molecular weight excluding hydrogens is 299 g/mol. The van der Waals surface area contributed by atoms with E-state index in [9.17, 15) is 4.39 Å². The Kier molecular flexibility index (Phi) is 4.23. The fraction of sp³-hybridized carbons (Fsp3) is 0.176. The Labute approximate surface area is 132 Å². The molecule has 0 saturated heterocycles. The summed E-state index contributed by atoms with van der Waals surface area (Å²) in [4.78, 5) is 4.17. The first kappa shape index (κ1) is 15.0. The molecule has 6 heteroatoms. The minimum atomic E-state index is -0.291. The van der Waals surface area contributed by atoms with Crippen molar-refractivity contribution in [3.05, 3.63) is 59.7 Å². The molecule has 0 saturated carbocycles. The van der Waals surface area contributed by atoms with Gasteiger partial charge in [-0.25, -0.2) is 4.39 Å². The standard InChI is InChI=1S/C17H15FN2O3/c1-11-19-17(20-23-11)13-6-7-15(16(9-13)21-2)22-10-12-4-3-5-14(18)8-12/h3-9H,10H2,1-2H3. The third-order valence-corrected chi connectivity index (χ3v) is 3.23. The predicted molar refractivity (Wildman–Crippen MR) is 81.8 cm³/mol. The largest absolute Gasteiger partial charge is 0.493 e. The van der Waals surface area contributed by atoms with E-state index in [2.05, 4.69) is 10.1 Å². The number of aryl methyl sites for hydroxylation is 1. The highest BCUT2D eigenvalue weighted by atomic mass is 19.1. The van der Waals surface area contributed by atoms with Gasteiger partial charge in [-0.15, -0.1) is 0 Å². The summed E-state index contributed by atoms with van der Waals surface area (Å²) in [6.45, 7) is 1.97. The maximum Gasteiger partial charge on any atom is 0.223 e. The molecule has 0 N–H and O–H groups in total. The zero-order valence-corrected chi connectivity index (χ0v) is 12.7. The number of aromatic nitrogens is 2. The number of ether oxygens (including phenoxy) is 2. The van der Waals surface area contributed by atoms with E-state index in [-0.39, 0.29) is 12.4 Å². The average molecular weight is 314 g/mol. The van der Waals surface area contributed by atoms with Crippen LogP contribution in [0.25, 0.3) is 11.4 Å². The van der Waals surface area contributed by atoms with Crippen molar-refractivity contribution in [2.75, 3.05) is 7.11 Å². The van der Waals surface area contributed by atoms with E-state index in [1.807, 2.05) is 6.07 Å². The van der Waals surface area contributed by atoms with E-state index in [1.165, 1.54) is 12.1 Å². The van der Waals surface area contributed by atoms with Gasteiger partial charge in [0.1, 0.15) is 12.4 Å². The number of nitrogens with zero attached hydrogens (tertiary/aromatic N) is 2. The van der Waals surface area contributed by atoms with Gasteiger partial charge < -0.3 is 14.0 Å². The van der Waals surface area contributed by atoms with Crippen molar-refractivity contribution in [3.8, 4) is 22.9 Å². The molecule has 23 heavy (non-hydrogen) atoms. The van der Waals surface area contributed by atoms with Gasteiger partial charge in [-0.3, -0.25) is 0 Å². The molecule has 0 spiro atoms. The third-order valence-electron chi connectivity index (χ3n) is 3.23. The van der Waals surface area contributed by atoms with E-state index < -0.39 is 0 Å². The topological polar surface area (TPSA) is 57.4 Å². The number of hydrogen-bond acceptors (Lipinski definition) is 5. The van der Waals surface area contributed by atoms with Gasteiger partial charge >= 0.3 is 0 Å². The monoisotopic (exact) mass is 314 g/mol. The fourth-order valence-corrected chi connectivity index (χ4v) is 2.13. The van der Waals surface area contributed by atoms with Gasteiger partial charge in [-0.1, -0.05) is 17.3 Å². The Hall–Kier alpha value is -2.89. The van der Waals surface area contributed by atoms with Gasteiger partial charge in [-0.05, 0) is 35.9 Å². The Morgan fingerprint density at radius 3 is 2.70 bits per heavy atom. The zero-order valence-electron chi connectivity index (χ0n) is 12.7. The molecule has 5 nitrogen and oxygen atoms in total. The first-order chi connectivity index (χ1) is 11.2. The van der Waals surface area contributed by atoms with Gasteiger partial charge in [0.25, 0.3) is 0 Å². The van der Waals surface area contributed by atoms with E-state index in [4.69, 9.17) is 14.0 Å². The van der Waals surface area contributed by atoms with Crippen molar-refractivity contribution in [2.24, 2.45) is 0 Å². The molecule has 1 heterocycles. The molecule has 0 atom stereocenters. The van der Waals surface area contributed by atoms with Gasteiger partial charge in [0.05, 0.1) is 7.11 Å². The highest BCUT2D eigenvalue weighted by molar-refractivity contribution is 5.60. The Morgan fingerprint density at radius 1 is 1.13 bits per heavy atom. The molecule has 0 unspecified atom stereocenters. The third kappa shape index (κ3) is 3.48. The lowest BCUT2D eigenvalue weighted by Gasteiger charge is -2.11. The Morgan fingerprint density at radius 2 is 2.00 bits per heavy atom. The smallest absolute Gasteiger partial charge is 0.223 e. The fourth-order valence-electron chi connectivity index (χ4n) is 2.13. The lowest BCUT2D eigenvalue weighted by Crippen LogP contribution is -1.98. The quantitative estimate of drug-likeness (QED) is 0.717. The van der Waals surface area contributed by atoms with Crippen molar-refractivity contribution in [1.29, 1.82) is 0 Å². The van der Waals surface area contributed by atoms with Crippen molar-refractivity contribution >= 4 is 0 Å². The van der Waals surface area contributed by atoms with Crippen LogP contribution in [0.1, 0.15) is 11.5 Å². The van der Waals surface area contributed by atoms with Gasteiger partial charge in [-0.2, -0.15) is 4.98 Å². The second-order valence-corrected chi connectivity index (χ2v) is 4.92. The number of methoxy groups -OCH3 is 1. The lowest BCUT2D eigenvalue weighted by molar-refractivity contribution is 0.284. The molecule has 3 aromatic rings. The van der Waals surface area contributed by atoms with Gasteiger partial charge in [0.15, 0.2) is 11.5 Å². The van der Waals surface area contributed by atoms with Crippen molar-refractivity contribution < 1.29 is 18.4 Å². The van der Waals surface area contributed by atoms with Crippen molar-refractivity contribution in [3.63, 3.8) is 0 Å². The summed E-state index contributed by atoms with van der Waals surface area (Å²) in [6, 6.07) is 11.6. The Bertz CT molecular complexity index is 817. The zero-order chi connectivity index (χ0) is 16.2. The first-order valence-electron chi connectivity index (χ1n) is 7.01. The molecule has 0 fully saturated rings. The SMILES string of the molecule is COc1cc(-c2noc(C)n2)ccc1OCc1cccc(F)c1. The highest BCUT2D eigenvalue weighted by Crippen LogP contribution is 2.32. The average Bonchev–Trinajstić information content (AvgIpc) is 2.99. The molecule has 1 aromatic heterocycles. The van der Waals surface area contributed by atoms with Gasteiger partial charge in [0, 0.05) is 12.5 Å². The first-order valence-corrected chi connectivity index (χ1v) is 7.01. The predicted octanol–water partition coefficient (Wildman–Crippen LogP) is 3.77. The summed E-state index contributed by atoms with van der Waals surface area (Å²) in [5.74, 6) is 1.78. The summed E-state index contributed by atoms with van der Waals surface area (Å²) in [7, 11) is 1.55. The molecule has 0 aliphatic rings. The van der Waals surface area contributed by atoms with E-state index in [0.29, 0.717) is 23.2 Å². The van der Waals surface area contributed by atoms with Crippen LogP contribution in [0.3, 0.4) is 0 Å². The minimum Gasteiger partial charge on any atom is -0.493 e. The Balaban J connectivity index is 1.79. The van der Waals surface area contributed by atoms with Crippen LogP contribution < -0.4 is 9.47 Å². The minimum absolute atomic E-state index is 0.245. The summed E-state index contributed by atoms with van der Waals surface area (Å²) < 4.78 is 29.2. The molecule has 0 aliphatic carbocycles. The van der Waals surface area contributed by atoms with Crippen LogP contribution in [0.5, 0.6) is 11.5 Å². The molecule has 0 amide bonds. The number of halogens is 1. The van der Waals surface area contributed by atoms with Crippen LogP contribution in [0.4, 0.5) is 4.39 Å². The number of hydrogen-bond donors (Lipinski definition) is 0. The maximum absolute atomic E-state index is 13.2. The second kappa shape index (κ2) is 6.48. The van der Waals surface area contributed by atoms with Gasteiger partial charge in [0.2, 0.25) is 11.7 Å². The summed E-state index contributed by atoms with van der Waals surface area (Å²) in [5, 5.41) is 3.87. The van der Waals surface area contributed by atoms with Crippen LogP contribution in [-0.4, -0.2) is 17.3 Å².